The van der Waals surface area contributed by atoms with Crippen LogP contribution in [0.1, 0.15) is 10.5 Å². The zero-order chi connectivity index (χ0) is 13.1. The first-order valence-corrected chi connectivity index (χ1v) is 7.20. The molecule has 0 aliphatic heterocycles. The van der Waals surface area contributed by atoms with Crippen molar-refractivity contribution in [2.24, 2.45) is 0 Å². The lowest BCUT2D eigenvalue weighted by atomic mass is 10.3. The van der Waals surface area contributed by atoms with E-state index in [0.29, 0.717) is 21.0 Å². The van der Waals surface area contributed by atoms with Crippen LogP contribution in [0.4, 0.5) is 5.69 Å². The summed E-state index contributed by atoms with van der Waals surface area (Å²) in [6.07, 6.45) is 0. The van der Waals surface area contributed by atoms with Crippen molar-refractivity contribution in [1.82, 2.24) is 4.98 Å². The Kier molecular flexibility index (Phi) is 4.58. The molecule has 0 atom stereocenters. The van der Waals surface area contributed by atoms with Crippen LogP contribution in [0.15, 0.2) is 41.0 Å². The monoisotopic (exact) mass is 436 g/mol. The number of pyridine rings is 1. The van der Waals surface area contributed by atoms with E-state index >= 15 is 0 Å². The van der Waals surface area contributed by atoms with Gasteiger partial charge in [-0.05, 0) is 68.9 Å². The molecule has 6 heteroatoms. The number of carbonyl (C=O) groups excluding carboxylic acids is 1. The van der Waals surface area contributed by atoms with Crippen molar-refractivity contribution in [2.45, 2.75) is 0 Å². The molecular formula is C12H7BrClIN2O. The predicted molar refractivity (Wildman–Crippen MR) is 84.1 cm³/mol. The largest absolute Gasteiger partial charge is 0.319 e. The van der Waals surface area contributed by atoms with Crippen LogP contribution in [0.25, 0.3) is 0 Å². The quantitative estimate of drug-likeness (QED) is 0.561. The number of aromatic nitrogens is 1. The van der Waals surface area contributed by atoms with Crippen LogP contribution in [0.5, 0.6) is 0 Å². The second-order valence-corrected chi connectivity index (χ2v) is 5.89. The Morgan fingerprint density at radius 3 is 2.78 bits per heavy atom. The van der Waals surface area contributed by atoms with E-state index in [4.69, 9.17) is 11.6 Å². The molecule has 1 N–H and O–H groups in total. The van der Waals surface area contributed by atoms with Crippen molar-refractivity contribution in [3.63, 3.8) is 0 Å². The molecule has 92 valence electrons. The SMILES string of the molecule is O=C(Nc1ccc(I)cc1Cl)c1cccc(Br)n1. The number of halogens is 3. The Bertz CT molecular complexity index is 606. The lowest BCUT2D eigenvalue weighted by Crippen LogP contribution is -2.13. The highest BCUT2D eigenvalue weighted by molar-refractivity contribution is 14.1. The first-order chi connectivity index (χ1) is 8.56. The highest BCUT2D eigenvalue weighted by Gasteiger charge is 2.10. The Morgan fingerprint density at radius 2 is 2.11 bits per heavy atom. The summed E-state index contributed by atoms with van der Waals surface area (Å²) in [5.74, 6) is -0.292. The lowest BCUT2D eigenvalue weighted by Gasteiger charge is -2.07. The first kappa shape index (κ1) is 13.8. The van der Waals surface area contributed by atoms with Crippen LogP contribution in [-0.2, 0) is 0 Å². The molecule has 2 rings (SSSR count). The highest BCUT2D eigenvalue weighted by atomic mass is 127. The number of anilines is 1. The van der Waals surface area contributed by atoms with E-state index in [0.717, 1.165) is 3.57 Å². The number of nitrogens with one attached hydrogen (secondary N) is 1. The van der Waals surface area contributed by atoms with E-state index in [1.807, 2.05) is 6.07 Å². The fraction of sp³-hybridized carbons (Fsp3) is 0. The van der Waals surface area contributed by atoms with Gasteiger partial charge in [0.2, 0.25) is 0 Å². The molecule has 18 heavy (non-hydrogen) atoms. The molecule has 0 saturated carbocycles. The highest BCUT2D eigenvalue weighted by Crippen LogP contribution is 2.24. The number of carbonyl (C=O) groups is 1. The summed E-state index contributed by atoms with van der Waals surface area (Å²) in [6, 6.07) is 10.6. The molecule has 1 heterocycles. The van der Waals surface area contributed by atoms with Crippen LogP contribution in [0, 0.1) is 3.57 Å². The van der Waals surface area contributed by atoms with Gasteiger partial charge < -0.3 is 5.32 Å². The maximum absolute atomic E-state index is 11.9. The zero-order valence-electron chi connectivity index (χ0n) is 8.95. The molecule has 0 saturated heterocycles. The predicted octanol–water partition coefficient (Wildman–Crippen LogP) is 4.35. The average Bonchev–Trinajstić information content (AvgIpc) is 2.32. The molecule has 0 unspecified atom stereocenters. The summed E-state index contributed by atoms with van der Waals surface area (Å²) < 4.78 is 1.63. The van der Waals surface area contributed by atoms with Gasteiger partial charge in [0, 0.05) is 3.57 Å². The van der Waals surface area contributed by atoms with Gasteiger partial charge in [-0.25, -0.2) is 4.98 Å². The van der Waals surface area contributed by atoms with Crippen molar-refractivity contribution < 1.29 is 4.79 Å². The maximum atomic E-state index is 11.9. The molecule has 0 aliphatic carbocycles. The Hall–Kier alpha value is -0.660. The van der Waals surface area contributed by atoms with E-state index in [-0.39, 0.29) is 5.91 Å². The van der Waals surface area contributed by atoms with E-state index < -0.39 is 0 Å². The molecule has 1 aromatic heterocycles. The molecular weight excluding hydrogens is 430 g/mol. The van der Waals surface area contributed by atoms with Gasteiger partial charge in [-0.2, -0.15) is 0 Å². The van der Waals surface area contributed by atoms with Crippen LogP contribution in [0.3, 0.4) is 0 Å². The summed E-state index contributed by atoms with van der Waals surface area (Å²) in [4.78, 5) is 16.0. The van der Waals surface area contributed by atoms with Gasteiger partial charge in [0.15, 0.2) is 0 Å². The van der Waals surface area contributed by atoms with E-state index in [1.165, 1.54) is 0 Å². The van der Waals surface area contributed by atoms with Crippen molar-refractivity contribution >= 4 is 61.7 Å². The fourth-order valence-corrected chi connectivity index (χ4v) is 2.56. The van der Waals surface area contributed by atoms with E-state index in [1.54, 1.807) is 30.3 Å². The van der Waals surface area contributed by atoms with Gasteiger partial charge in [0.1, 0.15) is 10.3 Å². The third-order valence-electron chi connectivity index (χ3n) is 2.13. The van der Waals surface area contributed by atoms with Gasteiger partial charge in [0.25, 0.3) is 5.91 Å². The maximum Gasteiger partial charge on any atom is 0.274 e. The summed E-state index contributed by atoms with van der Waals surface area (Å²) in [7, 11) is 0. The number of amides is 1. The number of benzene rings is 1. The molecule has 0 fully saturated rings. The minimum absolute atomic E-state index is 0.292. The molecule has 0 bridgehead atoms. The van der Waals surface area contributed by atoms with Gasteiger partial charge in [-0.1, -0.05) is 17.7 Å². The normalized spacial score (nSPS) is 10.2. The lowest BCUT2D eigenvalue weighted by molar-refractivity contribution is 0.102. The molecule has 1 amide bonds. The Balaban J connectivity index is 2.21. The summed E-state index contributed by atoms with van der Waals surface area (Å²) in [6.45, 7) is 0. The smallest absolute Gasteiger partial charge is 0.274 e. The Labute approximate surface area is 131 Å². The summed E-state index contributed by atoms with van der Waals surface area (Å²) in [5.41, 5.74) is 0.905. The van der Waals surface area contributed by atoms with Crippen LogP contribution in [-0.4, -0.2) is 10.9 Å². The fourth-order valence-electron chi connectivity index (χ4n) is 1.31. The minimum atomic E-state index is -0.292. The second-order valence-electron chi connectivity index (χ2n) is 3.42. The van der Waals surface area contributed by atoms with Crippen molar-refractivity contribution in [3.05, 3.63) is 55.3 Å². The molecule has 2 aromatic rings. The van der Waals surface area contributed by atoms with Crippen LogP contribution < -0.4 is 5.32 Å². The van der Waals surface area contributed by atoms with Crippen LogP contribution >= 0.6 is 50.1 Å². The molecule has 0 radical (unpaired) electrons. The third-order valence-corrected chi connectivity index (χ3v) is 3.55. The topological polar surface area (TPSA) is 42.0 Å². The first-order valence-electron chi connectivity index (χ1n) is 4.95. The van der Waals surface area contributed by atoms with Gasteiger partial charge >= 0.3 is 0 Å². The summed E-state index contributed by atoms with van der Waals surface area (Å²) >= 11 is 11.4. The van der Waals surface area contributed by atoms with Gasteiger partial charge in [-0.15, -0.1) is 0 Å². The number of nitrogens with zero attached hydrogens (tertiary/aromatic N) is 1. The number of hydrogen-bond donors (Lipinski definition) is 1. The number of rotatable bonds is 2. The molecule has 3 nitrogen and oxygen atoms in total. The van der Waals surface area contributed by atoms with Crippen LogP contribution in [0.2, 0.25) is 5.02 Å². The molecule has 0 aliphatic rings. The third kappa shape index (κ3) is 3.43. The minimum Gasteiger partial charge on any atom is -0.319 e. The molecule has 0 spiro atoms. The molecule has 1 aromatic carbocycles. The van der Waals surface area contributed by atoms with Crippen molar-refractivity contribution in [2.75, 3.05) is 5.32 Å². The van der Waals surface area contributed by atoms with Crippen molar-refractivity contribution in [3.8, 4) is 0 Å². The summed E-state index contributed by atoms with van der Waals surface area (Å²) in [5, 5.41) is 3.23. The van der Waals surface area contributed by atoms with E-state index in [9.17, 15) is 4.79 Å². The second kappa shape index (κ2) is 5.99. The zero-order valence-corrected chi connectivity index (χ0v) is 13.5. The van der Waals surface area contributed by atoms with E-state index in [2.05, 4.69) is 48.8 Å². The number of hydrogen-bond acceptors (Lipinski definition) is 2. The Morgan fingerprint density at radius 1 is 1.33 bits per heavy atom. The average molecular weight is 437 g/mol. The van der Waals surface area contributed by atoms with Crippen molar-refractivity contribution in [1.29, 1.82) is 0 Å². The standard InChI is InChI=1S/C12H7BrClIN2O/c13-11-3-1-2-10(16-11)12(18)17-9-5-4-7(15)6-8(9)14/h1-6H,(H,17,18). The van der Waals surface area contributed by atoms with Gasteiger partial charge in [0.05, 0.1) is 10.7 Å². The van der Waals surface area contributed by atoms with Gasteiger partial charge in [-0.3, -0.25) is 4.79 Å².